The van der Waals surface area contributed by atoms with Crippen LogP contribution in [0.2, 0.25) is 0 Å². The third-order valence-electron chi connectivity index (χ3n) is 7.17. The first-order valence-electron chi connectivity index (χ1n) is 11.9. The zero-order valence-corrected chi connectivity index (χ0v) is 19.7. The van der Waals surface area contributed by atoms with E-state index in [2.05, 4.69) is 10.0 Å². The maximum absolute atomic E-state index is 13.5. The highest BCUT2D eigenvalue weighted by atomic mass is 32.2. The molecule has 0 spiro atoms. The molecule has 3 heterocycles. The van der Waals surface area contributed by atoms with E-state index in [0.717, 1.165) is 49.9 Å². The Labute approximate surface area is 198 Å². The van der Waals surface area contributed by atoms with Gasteiger partial charge < -0.3 is 14.8 Å². The van der Waals surface area contributed by atoms with Gasteiger partial charge in [0.2, 0.25) is 0 Å². The van der Waals surface area contributed by atoms with Gasteiger partial charge in [-0.15, -0.1) is 0 Å². The molecule has 182 valence electrons. The first-order chi connectivity index (χ1) is 16.3. The fraction of sp³-hybridized carbons (Fsp3) is 0.500. The second kappa shape index (κ2) is 9.05. The third-order valence-corrected chi connectivity index (χ3v) is 8.54. The Morgan fingerprint density at radius 1 is 1.03 bits per heavy atom. The SMILES string of the molecule is O=C(NC1CCCCC1)N1CC2CC(C1)c1ccc(NS(=O)(=O)c3cccc(F)c3)c(=O)n1C2. The van der Waals surface area contributed by atoms with Crippen molar-refractivity contribution in [2.24, 2.45) is 5.92 Å². The Hall–Kier alpha value is -2.88. The molecule has 2 aromatic rings. The number of piperidine rings is 1. The first kappa shape index (κ1) is 22.9. The van der Waals surface area contributed by atoms with E-state index in [4.69, 9.17) is 0 Å². The summed E-state index contributed by atoms with van der Waals surface area (Å²) in [6.45, 7) is 1.52. The number of nitrogens with one attached hydrogen (secondary N) is 2. The Kier molecular flexibility index (Phi) is 6.09. The number of rotatable bonds is 4. The van der Waals surface area contributed by atoms with Crippen LogP contribution in [0.3, 0.4) is 0 Å². The maximum Gasteiger partial charge on any atom is 0.317 e. The van der Waals surface area contributed by atoms with E-state index < -0.39 is 21.4 Å². The minimum atomic E-state index is -4.10. The van der Waals surface area contributed by atoms with Gasteiger partial charge in [0.25, 0.3) is 15.6 Å². The molecule has 1 saturated heterocycles. The van der Waals surface area contributed by atoms with E-state index in [0.29, 0.717) is 19.6 Å². The molecule has 2 unspecified atom stereocenters. The number of hydrogen-bond donors (Lipinski definition) is 2. The van der Waals surface area contributed by atoms with Crippen molar-refractivity contribution in [3.05, 3.63) is 58.3 Å². The maximum atomic E-state index is 13.5. The Morgan fingerprint density at radius 2 is 1.82 bits per heavy atom. The molecule has 8 nitrogen and oxygen atoms in total. The summed E-state index contributed by atoms with van der Waals surface area (Å²) in [6.07, 6.45) is 6.47. The van der Waals surface area contributed by atoms with Gasteiger partial charge in [0, 0.05) is 37.3 Å². The summed E-state index contributed by atoms with van der Waals surface area (Å²) in [4.78, 5) is 27.7. The minimum Gasteiger partial charge on any atom is -0.335 e. The van der Waals surface area contributed by atoms with Crippen molar-refractivity contribution < 1.29 is 17.6 Å². The molecule has 2 aliphatic heterocycles. The van der Waals surface area contributed by atoms with Crippen LogP contribution in [0.25, 0.3) is 0 Å². The van der Waals surface area contributed by atoms with Gasteiger partial charge in [-0.1, -0.05) is 25.3 Å². The number of likely N-dealkylation sites (tertiary alicyclic amines) is 1. The Bertz CT molecular complexity index is 1260. The second-order valence-electron chi connectivity index (χ2n) is 9.64. The van der Waals surface area contributed by atoms with Crippen LogP contribution in [-0.4, -0.2) is 43.0 Å². The van der Waals surface area contributed by atoms with Crippen LogP contribution >= 0.6 is 0 Å². The van der Waals surface area contributed by atoms with Crippen LogP contribution < -0.4 is 15.6 Å². The number of anilines is 1. The van der Waals surface area contributed by atoms with Crippen LogP contribution in [0.5, 0.6) is 0 Å². The molecule has 1 saturated carbocycles. The number of urea groups is 1. The molecular weight excluding hydrogens is 459 g/mol. The number of halogens is 1. The molecule has 2 atom stereocenters. The van der Waals surface area contributed by atoms with Crippen molar-refractivity contribution in [1.29, 1.82) is 0 Å². The summed E-state index contributed by atoms with van der Waals surface area (Å²) >= 11 is 0. The van der Waals surface area contributed by atoms with Crippen LogP contribution in [0.4, 0.5) is 14.9 Å². The smallest absolute Gasteiger partial charge is 0.317 e. The summed E-state index contributed by atoms with van der Waals surface area (Å²) in [6, 6.07) is 8.09. The highest BCUT2D eigenvalue weighted by molar-refractivity contribution is 7.92. The van der Waals surface area contributed by atoms with E-state index in [9.17, 15) is 22.4 Å². The zero-order chi connectivity index (χ0) is 23.9. The number of carbonyl (C=O) groups excluding carboxylic acids is 1. The lowest BCUT2D eigenvalue weighted by atomic mass is 9.83. The van der Waals surface area contributed by atoms with Crippen molar-refractivity contribution in [2.45, 2.75) is 61.9 Å². The number of fused-ring (bicyclic) bond motifs is 4. The lowest BCUT2D eigenvalue weighted by Crippen LogP contribution is -2.53. The number of carbonyl (C=O) groups is 1. The molecule has 1 aromatic carbocycles. The van der Waals surface area contributed by atoms with Crippen LogP contribution in [-0.2, 0) is 16.6 Å². The predicted molar refractivity (Wildman–Crippen MR) is 126 cm³/mol. The largest absolute Gasteiger partial charge is 0.335 e. The number of aromatic nitrogens is 1. The topological polar surface area (TPSA) is 101 Å². The van der Waals surface area contributed by atoms with E-state index >= 15 is 0 Å². The van der Waals surface area contributed by atoms with E-state index in [1.165, 1.54) is 24.6 Å². The van der Waals surface area contributed by atoms with Crippen LogP contribution in [0, 0.1) is 11.7 Å². The fourth-order valence-electron chi connectivity index (χ4n) is 5.54. The molecule has 1 aliphatic carbocycles. The molecule has 34 heavy (non-hydrogen) atoms. The molecule has 2 amide bonds. The molecular formula is C24H29FN4O4S. The van der Waals surface area contributed by atoms with Gasteiger partial charge in [0.05, 0.1) is 4.90 Å². The van der Waals surface area contributed by atoms with E-state index in [-0.39, 0.29) is 34.5 Å². The van der Waals surface area contributed by atoms with Gasteiger partial charge in [-0.2, -0.15) is 0 Å². The van der Waals surface area contributed by atoms with Gasteiger partial charge in [-0.05, 0) is 55.5 Å². The lowest BCUT2D eigenvalue weighted by molar-refractivity contribution is 0.127. The van der Waals surface area contributed by atoms with Gasteiger partial charge in [-0.25, -0.2) is 17.6 Å². The zero-order valence-electron chi connectivity index (χ0n) is 18.9. The molecule has 3 aliphatic rings. The predicted octanol–water partition coefficient (Wildman–Crippen LogP) is 3.25. The molecule has 2 bridgehead atoms. The normalized spacial score (nSPS) is 22.7. The molecule has 0 radical (unpaired) electrons. The first-order valence-corrected chi connectivity index (χ1v) is 13.4. The molecule has 2 N–H and O–H groups in total. The van der Waals surface area contributed by atoms with Gasteiger partial charge in [-0.3, -0.25) is 9.52 Å². The summed E-state index contributed by atoms with van der Waals surface area (Å²) in [5.74, 6) is -0.530. The van der Waals surface area contributed by atoms with Crippen molar-refractivity contribution >= 4 is 21.7 Å². The van der Waals surface area contributed by atoms with E-state index in [1.54, 1.807) is 10.6 Å². The fourth-order valence-corrected chi connectivity index (χ4v) is 6.63. The molecule has 5 rings (SSSR count). The molecule has 2 fully saturated rings. The quantitative estimate of drug-likeness (QED) is 0.690. The van der Waals surface area contributed by atoms with Gasteiger partial charge in [0.15, 0.2) is 0 Å². The number of sulfonamides is 1. The lowest BCUT2D eigenvalue weighted by Gasteiger charge is -2.43. The minimum absolute atomic E-state index is 0.0196. The van der Waals surface area contributed by atoms with Gasteiger partial charge >= 0.3 is 6.03 Å². The van der Waals surface area contributed by atoms with E-state index in [1.807, 2.05) is 4.90 Å². The highest BCUT2D eigenvalue weighted by Crippen LogP contribution is 2.35. The average Bonchev–Trinajstić information content (AvgIpc) is 2.81. The number of nitrogens with zero attached hydrogens (tertiary/aromatic N) is 2. The van der Waals surface area contributed by atoms with Crippen molar-refractivity contribution in [2.75, 3.05) is 17.8 Å². The molecule has 1 aromatic heterocycles. The Morgan fingerprint density at radius 3 is 2.59 bits per heavy atom. The second-order valence-corrected chi connectivity index (χ2v) is 11.3. The highest BCUT2D eigenvalue weighted by Gasteiger charge is 2.37. The number of pyridine rings is 1. The van der Waals surface area contributed by atoms with Crippen LogP contribution in [0.1, 0.15) is 50.1 Å². The third kappa shape index (κ3) is 4.55. The summed E-state index contributed by atoms with van der Waals surface area (Å²) < 4.78 is 42.8. The van der Waals surface area contributed by atoms with Crippen molar-refractivity contribution in [1.82, 2.24) is 14.8 Å². The summed E-state index contributed by atoms with van der Waals surface area (Å²) in [7, 11) is -4.10. The number of amides is 2. The number of hydrogen-bond acceptors (Lipinski definition) is 4. The summed E-state index contributed by atoms with van der Waals surface area (Å²) in [5.41, 5.74) is 0.317. The average molecular weight is 489 g/mol. The summed E-state index contributed by atoms with van der Waals surface area (Å²) in [5, 5.41) is 3.18. The Balaban J connectivity index is 1.34. The van der Waals surface area contributed by atoms with Gasteiger partial charge in [0.1, 0.15) is 11.5 Å². The number of benzene rings is 1. The standard InChI is InChI=1S/C24H29FN4O4S/c25-18-5-4-8-20(12-18)34(32,33)27-21-9-10-22-17-11-16(14-29(22)23(21)30)13-28(15-17)24(31)26-19-6-2-1-3-7-19/h4-5,8-10,12,16-17,19,27H,1-3,6-7,11,13-15H2,(H,26,31). The van der Waals surface area contributed by atoms with Crippen molar-refractivity contribution in [3.63, 3.8) is 0 Å². The van der Waals surface area contributed by atoms with Crippen molar-refractivity contribution in [3.8, 4) is 0 Å². The van der Waals surface area contributed by atoms with Crippen LogP contribution in [0.15, 0.2) is 46.1 Å². The molecule has 10 heteroatoms. The monoisotopic (exact) mass is 488 g/mol.